The van der Waals surface area contributed by atoms with Crippen molar-refractivity contribution < 1.29 is 4.74 Å². The smallest absolute Gasteiger partial charge is 0.119 e. The Morgan fingerprint density at radius 3 is 2.60 bits per heavy atom. The predicted molar refractivity (Wildman–Crippen MR) is 84.2 cm³/mol. The maximum Gasteiger partial charge on any atom is 0.119 e. The van der Waals surface area contributed by atoms with E-state index in [1.807, 2.05) is 0 Å². The fourth-order valence-electron chi connectivity index (χ4n) is 3.14. The van der Waals surface area contributed by atoms with Gasteiger partial charge >= 0.3 is 0 Å². The van der Waals surface area contributed by atoms with Crippen LogP contribution in [-0.2, 0) is 0 Å². The third-order valence-corrected chi connectivity index (χ3v) is 4.21. The van der Waals surface area contributed by atoms with Gasteiger partial charge in [0.1, 0.15) is 12.4 Å². The summed E-state index contributed by atoms with van der Waals surface area (Å²) < 4.78 is 5.91. The van der Waals surface area contributed by atoms with Gasteiger partial charge in [0, 0.05) is 19.1 Å². The van der Waals surface area contributed by atoms with Crippen LogP contribution in [0.2, 0.25) is 0 Å². The molecule has 20 heavy (non-hydrogen) atoms. The normalized spacial score (nSPS) is 23.8. The Morgan fingerprint density at radius 2 is 1.95 bits per heavy atom. The van der Waals surface area contributed by atoms with Gasteiger partial charge in [-0.05, 0) is 62.4 Å². The summed E-state index contributed by atoms with van der Waals surface area (Å²) in [5.74, 6) is 1.79. The summed E-state index contributed by atoms with van der Waals surface area (Å²) in [5.41, 5.74) is 8.41. The van der Waals surface area contributed by atoms with Crippen LogP contribution in [0.5, 0.6) is 5.75 Å². The highest BCUT2D eigenvalue weighted by Gasteiger charge is 2.24. The van der Waals surface area contributed by atoms with Crippen LogP contribution in [0.4, 0.5) is 0 Å². The number of hydrogen-bond acceptors (Lipinski definition) is 3. The first-order valence-corrected chi connectivity index (χ1v) is 7.73. The maximum absolute atomic E-state index is 5.91. The molecule has 1 aliphatic heterocycles. The molecule has 1 fully saturated rings. The molecule has 1 aromatic carbocycles. The van der Waals surface area contributed by atoms with Crippen LogP contribution in [-0.4, -0.2) is 37.2 Å². The summed E-state index contributed by atoms with van der Waals surface area (Å²) >= 11 is 0. The molecule has 3 nitrogen and oxygen atoms in total. The molecule has 0 radical (unpaired) electrons. The second kappa shape index (κ2) is 7.09. The van der Waals surface area contributed by atoms with E-state index in [0.717, 1.165) is 37.9 Å². The molecule has 2 N–H and O–H groups in total. The van der Waals surface area contributed by atoms with Gasteiger partial charge in [0.2, 0.25) is 0 Å². The van der Waals surface area contributed by atoms with E-state index in [1.165, 1.54) is 24.0 Å². The van der Waals surface area contributed by atoms with Crippen molar-refractivity contribution in [2.24, 2.45) is 11.7 Å². The van der Waals surface area contributed by atoms with Crippen LogP contribution in [0.15, 0.2) is 18.2 Å². The van der Waals surface area contributed by atoms with Gasteiger partial charge in [-0.3, -0.25) is 4.90 Å². The van der Waals surface area contributed by atoms with Gasteiger partial charge < -0.3 is 10.5 Å². The summed E-state index contributed by atoms with van der Waals surface area (Å²) in [4.78, 5) is 2.49. The predicted octanol–water partition coefficient (Wildman–Crippen LogP) is 2.74. The number of piperidine rings is 1. The molecule has 0 aliphatic carbocycles. The van der Waals surface area contributed by atoms with E-state index in [1.54, 1.807) is 0 Å². The molecule has 0 amide bonds. The van der Waals surface area contributed by atoms with E-state index < -0.39 is 0 Å². The Balaban J connectivity index is 1.82. The number of rotatable bonds is 5. The lowest BCUT2D eigenvalue weighted by Gasteiger charge is -2.37. The van der Waals surface area contributed by atoms with E-state index in [2.05, 4.69) is 43.9 Å². The Morgan fingerprint density at radius 1 is 1.25 bits per heavy atom. The fourth-order valence-corrected chi connectivity index (χ4v) is 3.14. The van der Waals surface area contributed by atoms with Crippen molar-refractivity contribution in [3.63, 3.8) is 0 Å². The van der Waals surface area contributed by atoms with E-state index in [-0.39, 0.29) is 0 Å². The lowest BCUT2D eigenvalue weighted by Crippen LogP contribution is -2.47. The Bertz CT molecular complexity index is 413. The highest BCUT2D eigenvalue weighted by atomic mass is 16.5. The molecule has 1 saturated heterocycles. The average Bonchev–Trinajstić information content (AvgIpc) is 2.39. The zero-order chi connectivity index (χ0) is 14.5. The molecule has 2 atom stereocenters. The Kier molecular flexibility index (Phi) is 5.44. The number of benzene rings is 1. The van der Waals surface area contributed by atoms with Gasteiger partial charge in [0.25, 0.3) is 0 Å². The first kappa shape index (κ1) is 15.3. The molecule has 112 valence electrons. The minimum atomic E-state index is 0.529. The second-order valence-electron chi connectivity index (χ2n) is 6.23. The van der Waals surface area contributed by atoms with Gasteiger partial charge in [-0.15, -0.1) is 0 Å². The minimum Gasteiger partial charge on any atom is -0.492 e. The first-order valence-electron chi connectivity index (χ1n) is 7.73. The fraction of sp³-hybridized carbons (Fsp3) is 0.647. The molecule has 1 aliphatic rings. The number of nitrogens with two attached hydrogens (primary N) is 1. The third-order valence-electron chi connectivity index (χ3n) is 4.21. The monoisotopic (exact) mass is 276 g/mol. The average molecular weight is 276 g/mol. The SMILES string of the molecule is Cc1cc(C)cc(OCCN2CCC(C)CC2CN)c1. The number of ether oxygens (including phenoxy) is 1. The number of likely N-dealkylation sites (tertiary alicyclic amines) is 1. The van der Waals surface area contributed by atoms with Crippen molar-refractivity contribution in [3.05, 3.63) is 29.3 Å². The third kappa shape index (κ3) is 4.22. The van der Waals surface area contributed by atoms with Crippen molar-refractivity contribution in [3.8, 4) is 5.75 Å². The van der Waals surface area contributed by atoms with Gasteiger partial charge in [-0.1, -0.05) is 13.0 Å². The largest absolute Gasteiger partial charge is 0.492 e. The van der Waals surface area contributed by atoms with Gasteiger partial charge in [-0.2, -0.15) is 0 Å². The van der Waals surface area contributed by atoms with Crippen LogP contribution < -0.4 is 10.5 Å². The van der Waals surface area contributed by atoms with Crippen LogP contribution >= 0.6 is 0 Å². The van der Waals surface area contributed by atoms with Crippen molar-refractivity contribution in [2.45, 2.75) is 39.7 Å². The second-order valence-corrected chi connectivity index (χ2v) is 6.23. The van der Waals surface area contributed by atoms with Gasteiger partial charge in [0.15, 0.2) is 0 Å². The topological polar surface area (TPSA) is 38.5 Å². The maximum atomic E-state index is 5.91. The molecule has 0 bridgehead atoms. The molecule has 2 unspecified atom stereocenters. The summed E-state index contributed by atoms with van der Waals surface area (Å²) in [6, 6.07) is 6.90. The molecule has 1 heterocycles. The number of hydrogen-bond donors (Lipinski definition) is 1. The number of nitrogens with zero attached hydrogens (tertiary/aromatic N) is 1. The zero-order valence-electron chi connectivity index (χ0n) is 13.1. The zero-order valence-corrected chi connectivity index (χ0v) is 13.1. The van der Waals surface area contributed by atoms with Gasteiger partial charge in [-0.25, -0.2) is 0 Å². The van der Waals surface area contributed by atoms with Crippen LogP contribution in [0.25, 0.3) is 0 Å². The van der Waals surface area contributed by atoms with E-state index in [9.17, 15) is 0 Å². The first-order chi connectivity index (χ1) is 9.58. The minimum absolute atomic E-state index is 0.529. The highest BCUT2D eigenvalue weighted by Crippen LogP contribution is 2.22. The summed E-state index contributed by atoms with van der Waals surface area (Å²) in [6.45, 7) is 10.2. The highest BCUT2D eigenvalue weighted by molar-refractivity contribution is 5.32. The van der Waals surface area contributed by atoms with E-state index in [4.69, 9.17) is 10.5 Å². The molecular formula is C17H28N2O. The molecular weight excluding hydrogens is 248 g/mol. The molecule has 3 heteroatoms. The Labute approximate surface area is 123 Å². The van der Waals surface area contributed by atoms with Crippen molar-refractivity contribution >= 4 is 0 Å². The molecule has 0 aromatic heterocycles. The summed E-state index contributed by atoms with van der Waals surface area (Å²) in [6.07, 6.45) is 2.50. The number of aryl methyl sites for hydroxylation is 2. The summed E-state index contributed by atoms with van der Waals surface area (Å²) in [5, 5.41) is 0. The van der Waals surface area contributed by atoms with E-state index in [0.29, 0.717) is 6.04 Å². The van der Waals surface area contributed by atoms with Crippen molar-refractivity contribution in [1.29, 1.82) is 0 Å². The Hall–Kier alpha value is -1.06. The van der Waals surface area contributed by atoms with E-state index >= 15 is 0 Å². The molecule has 0 spiro atoms. The van der Waals surface area contributed by atoms with Gasteiger partial charge in [0.05, 0.1) is 0 Å². The van der Waals surface area contributed by atoms with Crippen LogP contribution in [0, 0.1) is 19.8 Å². The van der Waals surface area contributed by atoms with Crippen LogP contribution in [0.1, 0.15) is 30.9 Å². The summed E-state index contributed by atoms with van der Waals surface area (Å²) in [7, 11) is 0. The van der Waals surface area contributed by atoms with Crippen molar-refractivity contribution in [2.75, 3.05) is 26.2 Å². The molecule has 1 aromatic rings. The van der Waals surface area contributed by atoms with Crippen LogP contribution in [0.3, 0.4) is 0 Å². The molecule has 2 rings (SSSR count). The standard InChI is InChI=1S/C17H28N2O/c1-13-4-5-19(16(9-13)12-18)6-7-20-17-10-14(2)8-15(3)11-17/h8,10-11,13,16H,4-7,9,12,18H2,1-3H3. The lowest BCUT2D eigenvalue weighted by atomic mass is 9.92. The molecule has 0 saturated carbocycles. The quantitative estimate of drug-likeness (QED) is 0.898. The lowest BCUT2D eigenvalue weighted by molar-refractivity contribution is 0.103. The van der Waals surface area contributed by atoms with Crippen molar-refractivity contribution in [1.82, 2.24) is 4.90 Å².